The zero-order chi connectivity index (χ0) is 20.2. The SMILES string of the molecule is Cc1cccc(C)c1NC(=O)C1(N(C)C)CCN(CC(C)(O)CCO)CC1. The van der Waals surface area contributed by atoms with Gasteiger partial charge in [0.15, 0.2) is 0 Å². The number of hydrogen-bond donors (Lipinski definition) is 3. The molecule has 1 aliphatic heterocycles. The summed E-state index contributed by atoms with van der Waals surface area (Å²) in [5.41, 5.74) is 1.56. The Morgan fingerprint density at radius 2 is 1.81 bits per heavy atom. The van der Waals surface area contributed by atoms with Gasteiger partial charge in [-0.05, 0) is 58.8 Å². The van der Waals surface area contributed by atoms with Crippen molar-refractivity contribution in [3.05, 3.63) is 29.3 Å². The Bertz CT molecular complexity index is 630. The van der Waals surface area contributed by atoms with Crippen LogP contribution in [0.1, 0.15) is 37.3 Å². The topological polar surface area (TPSA) is 76.0 Å². The molecule has 0 aromatic heterocycles. The number of amides is 1. The first-order valence-corrected chi connectivity index (χ1v) is 9.72. The minimum absolute atomic E-state index is 0.0271. The van der Waals surface area contributed by atoms with Gasteiger partial charge in [0.1, 0.15) is 5.54 Å². The van der Waals surface area contributed by atoms with E-state index in [9.17, 15) is 9.90 Å². The Morgan fingerprint density at radius 3 is 2.30 bits per heavy atom. The van der Waals surface area contributed by atoms with Gasteiger partial charge in [0.2, 0.25) is 5.91 Å². The molecule has 152 valence electrons. The third-order valence-corrected chi connectivity index (χ3v) is 5.90. The van der Waals surface area contributed by atoms with Crippen molar-refractivity contribution in [2.24, 2.45) is 0 Å². The van der Waals surface area contributed by atoms with Crippen molar-refractivity contribution in [3.8, 4) is 0 Å². The Hall–Kier alpha value is -1.47. The van der Waals surface area contributed by atoms with Crippen LogP contribution in [-0.4, -0.2) is 77.4 Å². The highest BCUT2D eigenvalue weighted by Crippen LogP contribution is 2.31. The first-order chi connectivity index (χ1) is 12.6. The fraction of sp³-hybridized carbons (Fsp3) is 0.667. The number of aliphatic hydroxyl groups excluding tert-OH is 1. The summed E-state index contributed by atoms with van der Waals surface area (Å²) >= 11 is 0. The second-order valence-corrected chi connectivity index (χ2v) is 8.39. The van der Waals surface area contributed by atoms with Gasteiger partial charge >= 0.3 is 0 Å². The van der Waals surface area contributed by atoms with Crippen molar-refractivity contribution in [1.82, 2.24) is 9.80 Å². The number of aliphatic hydroxyl groups is 2. The predicted molar refractivity (Wildman–Crippen MR) is 109 cm³/mol. The van der Waals surface area contributed by atoms with Gasteiger partial charge in [-0.3, -0.25) is 9.69 Å². The summed E-state index contributed by atoms with van der Waals surface area (Å²) in [6.45, 7) is 7.73. The summed E-state index contributed by atoms with van der Waals surface area (Å²) in [5, 5.41) is 22.7. The number of aryl methyl sites for hydroxylation is 2. The molecule has 1 aromatic carbocycles. The van der Waals surface area contributed by atoms with Crippen LogP contribution in [-0.2, 0) is 4.79 Å². The lowest BCUT2D eigenvalue weighted by Gasteiger charge is -2.46. The molecule has 1 fully saturated rings. The van der Waals surface area contributed by atoms with Crippen LogP contribution in [0.5, 0.6) is 0 Å². The smallest absolute Gasteiger partial charge is 0.244 e. The van der Waals surface area contributed by atoms with Crippen LogP contribution in [0.25, 0.3) is 0 Å². The van der Waals surface area contributed by atoms with E-state index in [4.69, 9.17) is 5.11 Å². The van der Waals surface area contributed by atoms with Crippen molar-refractivity contribution in [2.45, 2.75) is 51.2 Å². The van der Waals surface area contributed by atoms with Gasteiger partial charge in [0.25, 0.3) is 0 Å². The zero-order valence-corrected chi connectivity index (χ0v) is 17.4. The first kappa shape index (κ1) is 21.8. The average Bonchev–Trinajstić information content (AvgIpc) is 2.58. The molecule has 0 bridgehead atoms. The van der Waals surface area contributed by atoms with Crippen molar-refractivity contribution < 1.29 is 15.0 Å². The molecule has 1 unspecified atom stereocenters. The standard InChI is InChI=1S/C21H35N3O3/c1-16-7-6-8-17(2)18(16)22-19(26)21(23(4)5)9-12-24(13-10-21)15-20(3,27)11-14-25/h6-8,25,27H,9-15H2,1-5H3,(H,22,26). The maximum atomic E-state index is 13.3. The van der Waals surface area contributed by atoms with Gasteiger partial charge in [0, 0.05) is 38.3 Å². The number of anilines is 1. The van der Waals surface area contributed by atoms with E-state index in [0.717, 1.165) is 29.9 Å². The maximum absolute atomic E-state index is 13.3. The molecule has 6 nitrogen and oxygen atoms in total. The summed E-state index contributed by atoms with van der Waals surface area (Å²) < 4.78 is 0. The van der Waals surface area contributed by atoms with Crippen LogP contribution in [0.4, 0.5) is 5.69 Å². The van der Waals surface area contributed by atoms with Gasteiger partial charge < -0.3 is 20.4 Å². The number of hydrogen-bond acceptors (Lipinski definition) is 5. The number of nitrogens with zero attached hydrogens (tertiary/aromatic N) is 2. The van der Waals surface area contributed by atoms with E-state index in [1.807, 2.05) is 51.0 Å². The Morgan fingerprint density at radius 1 is 1.26 bits per heavy atom. The van der Waals surface area contributed by atoms with E-state index in [2.05, 4.69) is 10.2 Å². The van der Waals surface area contributed by atoms with Crippen molar-refractivity contribution in [2.75, 3.05) is 45.7 Å². The van der Waals surface area contributed by atoms with Gasteiger partial charge in [-0.15, -0.1) is 0 Å². The third-order valence-electron chi connectivity index (χ3n) is 5.90. The number of carbonyl (C=O) groups excluding carboxylic acids is 1. The number of nitrogens with one attached hydrogen (secondary N) is 1. The lowest BCUT2D eigenvalue weighted by molar-refractivity contribution is -0.130. The lowest BCUT2D eigenvalue weighted by Crippen LogP contribution is -2.60. The summed E-state index contributed by atoms with van der Waals surface area (Å²) in [6.07, 6.45) is 1.76. The van der Waals surface area contributed by atoms with Gasteiger partial charge in [-0.2, -0.15) is 0 Å². The number of likely N-dealkylation sites (tertiary alicyclic amines) is 1. The fourth-order valence-electron chi connectivity index (χ4n) is 4.00. The number of para-hydroxylation sites is 1. The molecule has 0 aliphatic carbocycles. The van der Waals surface area contributed by atoms with Crippen LogP contribution < -0.4 is 5.32 Å². The van der Waals surface area contributed by atoms with Gasteiger partial charge in [0.05, 0.1) is 5.60 Å². The van der Waals surface area contributed by atoms with Crippen molar-refractivity contribution >= 4 is 11.6 Å². The number of likely N-dealkylation sites (N-methyl/N-ethyl adjacent to an activating group) is 1. The largest absolute Gasteiger partial charge is 0.396 e. The summed E-state index contributed by atoms with van der Waals surface area (Å²) in [5.74, 6) is 0.0340. The van der Waals surface area contributed by atoms with Crippen LogP contribution in [0.3, 0.4) is 0 Å². The Balaban J connectivity index is 2.10. The number of rotatable bonds is 7. The minimum Gasteiger partial charge on any atom is -0.396 e. The van der Waals surface area contributed by atoms with E-state index < -0.39 is 11.1 Å². The van der Waals surface area contributed by atoms with E-state index in [-0.39, 0.29) is 12.5 Å². The summed E-state index contributed by atoms with van der Waals surface area (Å²) in [4.78, 5) is 17.5. The van der Waals surface area contributed by atoms with Crippen LogP contribution in [0, 0.1) is 13.8 Å². The lowest BCUT2D eigenvalue weighted by atomic mass is 9.84. The molecule has 6 heteroatoms. The monoisotopic (exact) mass is 377 g/mol. The van der Waals surface area contributed by atoms with Crippen LogP contribution in [0.15, 0.2) is 18.2 Å². The molecule has 1 aromatic rings. The Labute approximate surface area is 163 Å². The first-order valence-electron chi connectivity index (χ1n) is 9.72. The Kier molecular flexibility index (Phi) is 7.03. The molecular formula is C21H35N3O3. The molecule has 2 rings (SSSR count). The molecule has 1 heterocycles. The zero-order valence-electron chi connectivity index (χ0n) is 17.4. The van der Waals surface area contributed by atoms with Crippen LogP contribution >= 0.6 is 0 Å². The number of piperidine rings is 1. The molecule has 3 N–H and O–H groups in total. The second-order valence-electron chi connectivity index (χ2n) is 8.39. The average molecular weight is 378 g/mol. The third kappa shape index (κ3) is 5.08. The predicted octanol–water partition coefficient (Wildman–Crippen LogP) is 1.77. The molecule has 0 saturated carbocycles. The molecule has 1 atom stereocenters. The summed E-state index contributed by atoms with van der Waals surface area (Å²) in [6, 6.07) is 6.02. The highest BCUT2D eigenvalue weighted by molar-refractivity contribution is 5.99. The number of carbonyl (C=O) groups is 1. The molecule has 27 heavy (non-hydrogen) atoms. The summed E-state index contributed by atoms with van der Waals surface area (Å²) in [7, 11) is 3.92. The fourth-order valence-corrected chi connectivity index (χ4v) is 4.00. The molecule has 1 saturated heterocycles. The van der Waals surface area contributed by atoms with E-state index >= 15 is 0 Å². The number of β-amino-alcohol motifs (C(OH)–C–C–N with tert-alkyl or cyclic N) is 1. The minimum atomic E-state index is -0.909. The van der Waals surface area contributed by atoms with Crippen molar-refractivity contribution in [1.29, 1.82) is 0 Å². The second kappa shape index (κ2) is 8.69. The van der Waals surface area contributed by atoms with E-state index in [1.54, 1.807) is 6.92 Å². The molecule has 1 aliphatic rings. The van der Waals surface area contributed by atoms with E-state index in [1.165, 1.54) is 0 Å². The molecular weight excluding hydrogens is 342 g/mol. The van der Waals surface area contributed by atoms with Crippen molar-refractivity contribution in [3.63, 3.8) is 0 Å². The molecule has 0 radical (unpaired) electrons. The normalized spacial score (nSPS) is 19.7. The van der Waals surface area contributed by atoms with Crippen LogP contribution in [0.2, 0.25) is 0 Å². The number of benzene rings is 1. The highest BCUT2D eigenvalue weighted by Gasteiger charge is 2.44. The molecule has 0 spiro atoms. The quantitative estimate of drug-likeness (QED) is 0.675. The van der Waals surface area contributed by atoms with Gasteiger partial charge in [-0.1, -0.05) is 18.2 Å². The van der Waals surface area contributed by atoms with E-state index in [0.29, 0.717) is 25.8 Å². The highest BCUT2D eigenvalue weighted by atomic mass is 16.3. The molecule has 1 amide bonds. The van der Waals surface area contributed by atoms with Gasteiger partial charge in [-0.25, -0.2) is 0 Å². The maximum Gasteiger partial charge on any atom is 0.244 e.